The number of nitrogens with zero attached hydrogens (tertiary/aromatic N) is 4. The van der Waals surface area contributed by atoms with Gasteiger partial charge in [-0.25, -0.2) is 19.3 Å². The molecule has 0 aliphatic heterocycles. The van der Waals surface area contributed by atoms with Gasteiger partial charge in [0.2, 0.25) is 0 Å². The lowest BCUT2D eigenvalue weighted by molar-refractivity contribution is -0.159. The number of amides is 2. The monoisotopic (exact) mass is 465 g/mol. The van der Waals surface area contributed by atoms with Gasteiger partial charge in [0.15, 0.2) is 12.3 Å². The fourth-order valence-electron chi connectivity index (χ4n) is 3.80. The van der Waals surface area contributed by atoms with Gasteiger partial charge in [0.25, 0.3) is 5.91 Å². The standard InChI is InChI=1S/C23H23N5O6/c1-27(34-14-21(29)30)22(31)20-12-28(26-25-20)11-10-24-23(32)33-13-19-17-8-4-2-6-15(17)16-7-3-5-9-18(16)19/h2-9,12,19H,10-11,13-14H2,1H3,(H,24,32)(H,29,30). The minimum absolute atomic E-state index is 0.0194. The summed E-state index contributed by atoms with van der Waals surface area (Å²) >= 11 is 0. The van der Waals surface area contributed by atoms with Crippen LogP contribution in [-0.2, 0) is 20.9 Å². The first-order chi connectivity index (χ1) is 16.4. The lowest BCUT2D eigenvalue weighted by atomic mass is 9.98. The Balaban J connectivity index is 1.25. The number of benzene rings is 2. The van der Waals surface area contributed by atoms with E-state index < -0.39 is 24.6 Å². The van der Waals surface area contributed by atoms with Crippen molar-refractivity contribution >= 4 is 18.0 Å². The topological polar surface area (TPSA) is 136 Å². The van der Waals surface area contributed by atoms with E-state index in [0.29, 0.717) is 0 Å². The second-order valence-corrected chi connectivity index (χ2v) is 7.59. The molecule has 0 saturated heterocycles. The summed E-state index contributed by atoms with van der Waals surface area (Å²) in [6, 6.07) is 16.2. The average Bonchev–Trinajstić information content (AvgIpc) is 3.43. The van der Waals surface area contributed by atoms with Crippen LogP contribution in [0, 0.1) is 0 Å². The van der Waals surface area contributed by atoms with Gasteiger partial charge in [0, 0.05) is 19.5 Å². The molecule has 176 valence electrons. The Morgan fingerprint density at radius 3 is 2.38 bits per heavy atom. The number of hydroxylamine groups is 2. The molecule has 3 aromatic rings. The summed E-state index contributed by atoms with van der Waals surface area (Å²) in [5, 5.41) is 19.6. The van der Waals surface area contributed by atoms with E-state index in [1.807, 2.05) is 24.3 Å². The minimum atomic E-state index is -1.21. The number of aromatic nitrogens is 3. The molecular weight excluding hydrogens is 442 g/mol. The van der Waals surface area contributed by atoms with Gasteiger partial charge in [0.1, 0.15) is 6.61 Å². The Kier molecular flexibility index (Phi) is 6.83. The van der Waals surface area contributed by atoms with Crippen LogP contribution in [-0.4, -0.2) is 69.9 Å². The van der Waals surface area contributed by atoms with Crippen molar-refractivity contribution < 1.29 is 29.1 Å². The summed E-state index contributed by atoms with van der Waals surface area (Å²) in [5.74, 6) is -1.87. The van der Waals surface area contributed by atoms with Crippen molar-refractivity contribution in [2.45, 2.75) is 12.5 Å². The number of hydrogen-bond acceptors (Lipinski definition) is 7. The number of carbonyl (C=O) groups excluding carboxylic acids is 2. The van der Waals surface area contributed by atoms with Crippen molar-refractivity contribution in [3.8, 4) is 11.1 Å². The van der Waals surface area contributed by atoms with Crippen LogP contribution in [0.3, 0.4) is 0 Å². The third-order valence-corrected chi connectivity index (χ3v) is 5.38. The van der Waals surface area contributed by atoms with Crippen LogP contribution in [0.4, 0.5) is 4.79 Å². The van der Waals surface area contributed by atoms with E-state index in [0.717, 1.165) is 27.3 Å². The zero-order valence-electron chi connectivity index (χ0n) is 18.4. The number of aliphatic carboxylic acids is 1. The van der Waals surface area contributed by atoms with E-state index in [1.54, 1.807) is 0 Å². The van der Waals surface area contributed by atoms with Crippen molar-refractivity contribution in [3.63, 3.8) is 0 Å². The van der Waals surface area contributed by atoms with E-state index in [4.69, 9.17) is 14.7 Å². The van der Waals surface area contributed by atoms with Crippen LogP contribution in [0.15, 0.2) is 54.7 Å². The smallest absolute Gasteiger partial charge is 0.407 e. The zero-order valence-corrected chi connectivity index (χ0v) is 18.4. The highest BCUT2D eigenvalue weighted by atomic mass is 16.7. The molecule has 1 aliphatic rings. The Labute approximate surface area is 194 Å². The number of fused-ring (bicyclic) bond motifs is 3. The van der Waals surface area contributed by atoms with E-state index in [1.165, 1.54) is 17.9 Å². The zero-order chi connectivity index (χ0) is 24.1. The van der Waals surface area contributed by atoms with E-state index in [-0.39, 0.29) is 31.3 Å². The molecule has 1 aromatic heterocycles. The first-order valence-corrected chi connectivity index (χ1v) is 10.6. The molecule has 2 amide bonds. The van der Waals surface area contributed by atoms with Gasteiger partial charge in [0.05, 0.1) is 12.7 Å². The highest BCUT2D eigenvalue weighted by Gasteiger charge is 2.29. The molecule has 11 heteroatoms. The molecule has 4 rings (SSSR count). The number of alkyl carbamates (subject to hydrolysis) is 1. The molecule has 0 radical (unpaired) electrons. The number of ether oxygens (including phenoxy) is 1. The van der Waals surface area contributed by atoms with Crippen LogP contribution in [0.1, 0.15) is 27.5 Å². The molecular formula is C23H23N5O6. The third-order valence-electron chi connectivity index (χ3n) is 5.38. The average molecular weight is 465 g/mol. The SMILES string of the molecule is CN(OCC(=O)O)C(=O)c1cn(CCNC(=O)OCC2c3ccccc3-c3ccccc32)nn1. The predicted octanol–water partition coefficient (Wildman–Crippen LogP) is 1.91. The quantitative estimate of drug-likeness (QED) is 0.458. The van der Waals surface area contributed by atoms with Gasteiger partial charge in [-0.05, 0) is 22.3 Å². The lowest BCUT2D eigenvalue weighted by Gasteiger charge is -2.14. The van der Waals surface area contributed by atoms with Gasteiger partial charge in [-0.1, -0.05) is 53.7 Å². The highest BCUT2D eigenvalue weighted by Crippen LogP contribution is 2.44. The number of rotatable bonds is 9. The van der Waals surface area contributed by atoms with Gasteiger partial charge >= 0.3 is 12.1 Å². The molecule has 2 aromatic carbocycles. The Hall–Kier alpha value is -4.25. The number of hydrogen-bond donors (Lipinski definition) is 2. The minimum Gasteiger partial charge on any atom is -0.479 e. The molecule has 0 fully saturated rings. The molecule has 1 aliphatic carbocycles. The highest BCUT2D eigenvalue weighted by molar-refractivity contribution is 5.91. The Bertz CT molecular complexity index is 1160. The summed E-state index contributed by atoms with van der Waals surface area (Å²) in [6.45, 7) is 0.0220. The lowest BCUT2D eigenvalue weighted by Crippen LogP contribution is -2.30. The van der Waals surface area contributed by atoms with Gasteiger partial charge in [-0.15, -0.1) is 5.10 Å². The van der Waals surface area contributed by atoms with Gasteiger partial charge in [-0.2, -0.15) is 0 Å². The summed E-state index contributed by atoms with van der Waals surface area (Å²) < 4.78 is 6.86. The van der Waals surface area contributed by atoms with Crippen molar-refractivity contribution in [2.75, 3.05) is 26.8 Å². The van der Waals surface area contributed by atoms with Gasteiger partial charge < -0.3 is 15.2 Å². The number of carboxylic acids is 1. The van der Waals surface area contributed by atoms with Crippen LogP contribution < -0.4 is 5.32 Å². The molecule has 1 heterocycles. The van der Waals surface area contributed by atoms with Crippen molar-refractivity contribution in [3.05, 3.63) is 71.5 Å². The predicted molar refractivity (Wildman–Crippen MR) is 119 cm³/mol. The summed E-state index contributed by atoms with van der Waals surface area (Å²) in [6.07, 6.45) is 0.822. The molecule has 0 spiro atoms. The van der Waals surface area contributed by atoms with Crippen molar-refractivity contribution in [2.24, 2.45) is 0 Å². The molecule has 11 nitrogen and oxygen atoms in total. The van der Waals surface area contributed by atoms with Crippen LogP contribution in [0.25, 0.3) is 11.1 Å². The fraction of sp³-hybridized carbons (Fsp3) is 0.261. The van der Waals surface area contributed by atoms with Crippen LogP contribution in [0.5, 0.6) is 0 Å². The van der Waals surface area contributed by atoms with Crippen molar-refractivity contribution in [1.82, 2.24) is 25.4 Å². The summed E-state index contributed by atoms with van der Waals surface area (Å²) in [4.78, 5) is 39.7. The first-order valence-electron chi connectivity index (χ1n) is 10.6. The summed E-state index contributed by atoms with van der Waals surface area (Å²) in [5.41, 5.74) is 4.56. The molecule has 0 atom stereocenters. The largest absolute Gasteiger partial charge is 0.479 e. The molecule has 34 heavy (non-hydrogen) atoms. The maximum atomic E-state index is 12.2. The molecule has 0 bridgehead atoms. The Morgan fingerprint density at radius 1 is 1.09 bits per heavy atom. The molecule has 0 saturated carbocycles. The maximum Gasteiger partial charge on any atom is 0.407 e. The van der Waals surface area contributed by atoms with Crippen molar-refractivity contribution in [1.29, 1.82) is 0 Å². The van der Waals surface area contributed by atoms with E-state index >= 15 is 0 Å². The van der Waals surface area contributed by atoms with Gasteiger partial charge in [-0.3, -0.25) is 9.63 Å². The molecule has 2 N–H and O–H groups in total. The normalized spacial score (nSPS) is 12.0. The van der Waals surface area contributed by atoms with Crippen LogP contribution in [0.2, 0.25) is 0 Å². The van der Waals surface area contributed by atoms with Crippen LogP contribution >= 0.6 is 0 Å². The maximum absolute atomic E-state index is 12.2. The number of carbonyl (C=O) groups is 3. The van der Waals surface area contributed by atoms with E-state index in [9.17, 15) is 14.4 Å². The molecule has 0 unspecified atom stereocenters. The first kappa shape index (κ1) is 22.9. The third kappa shape index (κ3) is 5.04. The summed E-state index contributed by atoms with van der Waals surface area (Å²) in [7, 11) is 1.28. The number of carboxylic acid groups (broad SMARTS) is 1. The number of nitrogens with one attached hydrogen (secondary N) is 1. The Morgan fingerprint density at radius 2 is 1.74 bits per heavy atom. The van der Waals surface area contributed by atoms with E-state index in [2.05, 4.69) is 39.9 Å². The second-order valence-electron chi connectivity index (χ2n) is 7.59. The second kappa shape index (κ2) is 10.1. The fourth-order valence-corrected chi connectivity index (χ4v) is 3.80.